The maximum atomic E-state index is 10.1. The summed E-state index contributed by atoms with van der Waals surface area (Å²) in [6.07, 6.45) is 0. The van der Waals surface area contributed by atoms with Crippen LogP contribution in [0.4, 0.5) is 5.69 Å². The zero-order chi connectivity index (χ0) is 13.8. The molecule has 102 valence electrons. The highest BCUT2D eigenvalue weighted by Gasteiger charge is 2.11. The Bertz CT molecular complexity index is 525. The summed E-state index contributed by atoms with van der Waals surface area (Å²) in [6.45, 7) is 2.89. The Balaban J connectivity index is 2.15. The van der Waals surface area contributed by atoms with Gasteiger partial charge in [-0.2, -0.15) is 0 Å². The molecule has 1 unspecified atom stereocenters. The number of rotatable bonds is 5. The molecule has 1 heterocycles. The molecule has 19 heavy (non-hydrogen) atoms. The van der Waals surface area contributed by atoms with Crippen LogP contribution in [0.3, 0.4) is 0 Å². The van der Waals surface area contributed by atoms with Gasteiger partial charge in [0.15, 0.2) is 0 Å². The molecule has 0 radical (unpaired) electrons. The molecule has 0 saturated carbocycles. The van der Waals surface area contributed by atoms with E-state index in [4.69, 9.17) is 0 Å². The molecule has 1 aromatic carbocycles. The molecule has 3 nitrogen and oxygen atoms in total. The van der Waals surface area contributed by atoms with E-state index in [9.17, 15) is 5.11 Å². The maximum absolute atomic E-state index is 10.1. The highest BCUT2D eigenvalue weighted by Crippen LogP contribution is 2.29. The molecule has 0 spiro atoms. The van der Waals surface area contributed by atoms with Gasteiger partial charge < -0.3 is 15.3 Å². The molecule has 0 aliphatic carbocycles. The van der Waals surface area contributed by atoms with Crippen LogP contribution >= 0.6 is 11.3 Å². The molecular formula is C15H20N2OS. The second-order valence-corrected chi connectivity index (χ2v) is 5.72. The Morgan fingerprint density at radius 3 is 2.74 bits per heavy atom. The van der Waals surface area contributed by atoms with Crippen molar-refractivity contribution in [3.05, 3.63) is 46.2 Å². The van der Waals surface area contributed by atoms with Crippen LogP contribution in [0.15, 0.2) is 35.7 Å². The van der Waals surface area contributed by atoms with Gasteiger partial charge in [0.1, 0.15) is 5.75 Å². The Hall–Kier alpha value is -1.52. The first-order valence-corrected chi connectivity index (χ1v) is 7.23. The van der Waals surface area contributed by atoms with Gasteiger partial charge in [0.05, 0.1) is 6.54 Å². The molecule has 0 bridgehead atoms. The number of nitrogens with zero attached hydrogens (tertiary/aromatic N) is 1. The smallest absolute Gasteiger partial charge is 0.122 e. The number of aromatic hydroxyl groups is 1. The van der Waals surface area contributed by atoms with Crippen molar-refractivity contribution < 1.29 is 5.11 Å². The fourth-order valence-corrected chi connectivity index (χ4v) is 2.78. The summed E-state index contributed by atoms with van der Waals surface area (Å²) in [4.78, 5) is 3.45. The SMILES string of the molecule is CNC(C)c1ccc(N(C)Cc2cccs2)cc1O. The van der Waals surface area contributed by atoms with E-state index in [-0.39, 0.29) is 6.04 Å². The average Bonchev–Trinajstić information content (AvgIpc) is 2.90. The van der Waals surface area contributed by atoms with Crippen LogP contribution in [0.25, 0.3) is 0 Å². The van der Waals surface area contributed by atoms with Gasteiger partial charge in [0, 0.05) is 35.3 Å². The van der Waals surface area contributed by atoms with Crippen LogP contribution in [-0.2, 0) is 6.54 Å². The fraction of sp³-hybridized carbons (Fsp3) is 0.333. The van der Waals surface area contributed by atoms with Crippen molar-refractivity contribution in [2.45, 2.75) is 19.5 Å². The Kier molecular flexibility index (Phi) is 4.45. The second kappa shape index (κ2) is 6.08. The summed E-state index contributed by atoms with van der Waals surface area (Å²) in [5.74, 6) is 0.345. The van der Waals surface area contributed by atoms with Crippen LogP contribution in [0.1, 0.15) is 23.4 Å². The zero-order valence-corrected chi connectivity index (χ0v) is 12.4. The van der Waals surface area contributed by atoms with Crippen molar-refractivity contribution in [3.63, 3.8) is 0 Å². The normalized spacial score (nSPS) is 12.4. The van der Waals surface area contributed by atoms with Crippen LogP contribution < -0.4 is 10.2 Å². The minimum absolute atomic E-state index is 0.150. The number of hydrogen-bond donors (Lipinski definition) is 2. The van der Waals surface area contributed by atoms with Gasteiger partial charge in [-0.25, -0.2) is 0 Å². The lowest BCUT2D eigenvalue weighted by atomic mass is 10.1. The first kappa shape index (κ1) is 13.9. The largest absolute Gasteiger partial charge is 0.508 e. The van der Waals surface area contributed by atoms with E-state index in [1.165, 1.54) is 4.88 Å². The molecule has 0 saturated heterocycles. The van der Waals surface area contributed by atoms with E-state index < -0.39 is 0 Å². The number of thiophene rings is 1. The lowest BCUT2D eigenvalue weighted by molar-refractivity contribution is 0.458. The van der Waals surface area contributed by atoms with E-state index in [1.54, 1.807) is 11.3 Å². The fourth-order valence-electron chi connectivity index (χ4n) is 2.02. The Labute approximate surface area is 118 Å². The van der Waals surface area contributed by atoms with Gasteiger partial charge in [0.25, 0.3) is 0 Å². The van der Waals surface area contributed by atoms with E-state index in [0.29, 0.717) is 5.75 Å². The van der Waals surface area contributed by atoms with Crippen molar-refractivity contribution in [2.24, 2.45) is 0 Å². The molecule has 0 amide bonds. The van der Waals surface area contributed by atoms with Crippen molar-refractivity contribution in [2.75, 3.05) is 19.0 Å². The van der Waals surface area contributed by atoms with Crippen molar-refractivity contribution >= 4 is 17.0 Å². The minimum Gasteiger partial charge on any atom is -0.508 e. The quantitative estimate of drug-likeness (QED) is 0.879. The van der Waals surface area contributed by atoms with Crippen molar-refractivity contribution in [1.82, 2.24) is 5.32 Å². The second-order valence-electron chi connectivity index (χ2n) is 4.69. The molecule has 0 aliphatic heterocycles. The number of phenols is 1. The molecule has 4 heteroatoms. The summed E-state index contributed by atoms with van der Waals surface area (Å²) < 4.78 is 0. The molecule has 2 aromatic rings. The minimum atomic E-state index is 0.150. The van der Waals surface area contributed by atoms with E-state index in [1.807, 2.05) is 33.2 Å². The third kappa shape index (κ3) is 3.28. The van der Waals surface area contributed by atoms with Crippen LogP contribution in [0, 0.1) is 0 Å². The summed E-state index contributed by atoms with van der Waals surface area (Å²) in [7, 11) is 3.93. The van der Waals surface area contributed by atoms with Crippen molar-refractivity contribution in [3.8, 4) is 5.75 Å². The number of nitrogens with one attached hydrogen (secondary N) is 1. The van der Waals surface area contributed by atoms with E-state index in [0.717, 1.165) is 17.8 Å². The topological polar surface area (TPSA) is 35.5 Å². The number of benzene rings is 1. The third-order valence-corrected chi connectivity index (χ3v) is 4.19. The lowest BCUT2D eigenvalue weighted by Crippen LogP contribution is -2.16. The predicted molar refractivity (Wildman–Crippen MR) is 82.0 cm³/mol. The molecule has 2 rings (SSSR count). The van der Waals surface area contributed by atoms with Gasteiger partial charge in [-0.05, 0) is 31.5 Å². The van der Waals surface area contributed by atoms with Gasteiger partial charge in [0.2, 0.25) is 0 Å². The van der Waals surface area contributed by atoms with Gasteiger partial charge in [-0.15, -0.1) is 11.3 Å². The number of phenolic OH excluding ortho intramolecular Hbond substituents is 1. The van der Waals surface area contributed by atoms with Gasteiger partial charge >= 0.3 is 0 Å². The first-order chi connectivity index (χ1) is 9.11. The van der Waals surface area contributed by atoms with Gasteiger partial charge in [-0.1, -0.05) is 12.1 Å². The lowest BCUT2D eigenvalue weighted by Gasteiger charge is -2.20. The summed E-state index contributed by atoms with van der Waals surface area (Å²) in [6, 6.07) is 10.2. The molecule has 1 aromatic heterocycles. The monoisotopic (exact) mass is 276 g/mol. The van der Waals surface area contributed by atoms with Gasteiger partial charge in [-0.3, -0.25) is 0 Å². The van der Waals surface area contributed by atoms with Crippen LogP contribution in [0.5, 0.6) is 5.75 Å². The van der Waals surface area contributed by atoms with Crippen LogP contribution in [0.2, 0.25) is 0 Å². The van der Waals surface area contributed by atoms with Crippen LogP contribution in [-0.4, -0.2) is 19.2 Å². The molecule has 0 aliphatic rings. The van der Waals surface area contributed by atoms with E-state index in [2.05, 4.69) is 33.8 Å². The van der Waals surface area contributed by atoms with E-state index >= 15 is 0 Å². The highest BCUT2D eigenvalue weighted by molar-refractivity contribution is 7.09. The summed E-state index contributed by atoms with van der Waals surface area (Å²) >= 11 is 1.75. The standard InChI is InChI=1S/C15H20N2OS/c1-11(16-2)14-7-6-12(9-15(14)18)17(3)10-13-5-4-8-19-13/h4-9,11,16,18H,10H2,1-3H3. The molecule has 0 fully saturated rings. The summed E-state index contributed by atoms with van der Waals surface area (Å²) in [5.41, 5.74) is 1.95. The zero-order valence-electron chi connectivity index (χ0n) is 11.6. The molecule has 1 atom stereocenters. The Morgan fingerprint density at radius 2 is 2.16 bits per heavy atom. The third-order valence-electron chi connectivity index (χ3n) is 3.33. The predicted octanol–water partition coefficient (Wildman–Crippen LogP) is 3.37. The van der Waals surface area contributed by atoms with Crippen molar-refractivity contribution in [1.29, 1.82) is 0 Å². The number of hydrogen-bond acceptors (Lipinski definition) is 4. The first-order valence-electron chi connectivity index (χ1n) is 6.35. The average molecular weight is 276 g/mol. The molecular weight excluding hydrogens is 256 g/mol. The molecule has 2 N–H and O–H groups in total. The maximum Gasteiger partial charge on any atom is 0.122 e. The summed E-state index contributed by atoms with van der Waals surface area (Å²) in [5, 5.41) is 15.3. The Morgan fingerprint density at radius 1 is 1.37 bits per heavy atom. The number of anilines is 1. The highest BCUT2D eigenvalue weighted by atomic mass is 32.1.